The van der Waals surface area contributed by atoms with E-state index in [1.54, 1.807) is 6.92 Å². The summed E-state index contributed by atoms with van der Waals surface area (Å²) in [6.07, 6.45) is 0.837. The van der Waals surface area contributed by atoms with Crippen LogP contribution in [-0.2, 0) is 16.1 Å². The molecule has 1 fully saturated rings. The number of carbonyl (C=O) groups excluding carboxylic acids is 2. The van der Waals surface area contributed by atoms with Crippen molar-refractivity contribution < 1.29 is 9.59 Å². The van der Waals surface area contributed by atoms with Crippen molar-refractivity contribution in [2.75, 3.05) is 13.1 Å². The molecule has 1 aliphatic heterocycles. The molecule has 0 radical (unpaired) electrons. The first kappa shape index (κ1) is 14.5. The van der Waals surface area contributed by atoms with Gasteiger partial charge >= 0.3 is 0 Å². The first-order valence-corrected chi connectivity index (χ1v) is 6.99. The third kappa shape index (κ3) is 4.06. The molecule has 5 nitrogen and oxygen atoms in total. The van der Waals surface area contributed by atoms with E-state index >= 15 is 0 Å². The van der Waals surface area contributed by atoms with Crippen molar-refractivity contribution in [2.45, 2.75) is 25.9 Å². The summed E-state index contributed by atoms with van der Waals surface area (Å²) in [5.41, 5.74) is 1.04. The lowest BCUT2D eigenvalue weighted by atomic mass is 10.1. The number of hydrogen-bond donors (Lipinski definition) is 3. The van der Waals surface area contributed by atoms with Crippen LogP contribution in [0.5, 0.6) is 0 Å². The van der Waals surface area contributed by atoms with Gasteiger partial charge in [0.1, 0.15) is 6.04 Å². The molecule has 1 heterocycles. The Morgan fingerprint density at radius 3 is 2.75 bits per heavy atom. The molecule has 5 heteroatoms. The van der Waals surface area contributed by atoms with E-state index in [0.717, 1.165) is 18.5 Å². The van der Waals surface area contributed by atoms with E-state index in [4.69, 9.17) is 0 Å². The van der Waals surface area contributed by atoms with Crippen LogP contribution in [0.15, 0.2) is 30.3 Å². The van der Waals surface area contributed by atoms with E-state index in [9.17, 15) is 9.59 Å². The molecule has 0 aliphatic carbocycles. The highest BCUT2D eigenvalue weighted by Crippen LogP contribution is 2.07. The Hall–Kier alpha value is -1.88. The predicted molar refractivity (Wildman–Crippen MR) is 76.9 cm³/mol. The van der Waals surface area contributed by atoms with Crippen LogP contribution in [0.4, 0.5) is 0 Å². The van der Waals surface area contributed by atoms with Crippen molar-refractivity contribution in [1.82, 2.24) is 16.0 Å². The van der Waals surface area contributed by atoms with Gasteiger partial charge in [0.05, 0.1) is 5.92 Å². The van der Waals surface area contributed by atoms with Gasteiger partial charge in [0.25, 0.3) is 0 Å². The number of amides is 2. The van der Waals surface area contributed by atoms with E-state index in [2.05, 4.69) is 16.0 Å². The minimum absolute atomic E-state index is 0.0145. The molecule has 2 unspecified atom stereocenters. The molecule has 1 saturated heterocycles. The molecule has 0 saturated carbocycles. The highest BCUT2D eigenvalue weighted by Gasteiger charge is 2.25. The molecule has 2 rings (SSSR count). The summed E-state index contributed by atoms with van der Waals surface area (Å²) in [6.45, 7) is 3.75. The van der Waals surface area contributed by atoms with Crippen molar-refractivity contribution >= 4 is 11.8 Å². The molecule has 1 aliphatic rings. The van der Waals surface area contributed by atoms with Crippen molar-refractivity contribution in [3.63, 3.8) is 0 Å². The summed E-state index contributed by atoms with van der Waals surface area (Å²) >= 11 is 0. The Morgan fingerprint density at radius 2 is 2.10 bits per heavy atom. The maximum absolute atomic E-state index is 11.9. The number of nitrogens with one attached hydrogen (secondary N) is 3. The van der Waals surface area contributed by atoms with Gasteiger partial charge in [-0.2, -0.15) is 0 Å². The molecule has 0 spiro atoms. The fraction of sp³-hybridized carbons (Fsp3) is 0.467. The number of carbonyl (C=O) groups is 2. The standard InChI is InChI=1S/C15H21N3O2/c1-11(18-15(20)13-7-8-16-10-13)14(19)17-9-12-5-3-2-4-6-12/h2-6,11,13,16H,7-10H2,1H3,(H,17,19)(H,18,20). The molecule has 20 heavy (non-hydrogen) atoms. The quantitative estimate of drug-likeness (QED) is 0.729. The zero-order valence-electron chi connectivity index (χ0n) is 11.7. The Balaban J connectivity index is 1.75. The topological polar surface area (TPSA) is 70.2 Å². The maximum atomic E-state index is 11.9. The highest BCUT2D eigenvalue weighted by atomic mass is 16.2. The fourth-order valence-electron chi connectivity index (χ4n) is 2.21. The third-order valence-electron chi connectivity index (χ3n) is 3.49. The second-order valence-electron chi connectivity index (χ2n) is 5.12. The Labute approximate surface area is 119 Å². The fourth-order valence-corrected chi connectivity index (χ4v) is 2.21. The molecule has 1 aromatic rings. The molecular weight excluding hydrogens is 254 g/mol. The Morgan fingerprint density at radius 1 is 1.35 bits per heavy atom. The summed E-state index contributed by atoms with van der Waals surface area (Å²) in [5.74, 6) is -0.218. The lowest BCUT2D eigenvalue weighted by molar-refractivity contribution is -0.130. The van der Waals surface area contributed by atoms with Crippen molar-refractivity contribution in [1.29, 1.82) is 0 Å². The van der Waals surface area contributed by atoms with Crippen LogP contribution in [-0.4, -0.2) is 30.9 Å². The molecule has 2 atom stereocenters. The average Bonchev–Trinajstić information content (AvgIpc) is 3.00. The van der Waals surface area contributed by atoms with E-state index in [-0.39, 0.29) is 17.7 Å². The number of rotatable bonds is 5. The van der Waals surface area contributed by atoms with Crippen LogP contribution < -0.4 is 16.0 Å². The lowest BCUT2D eigenvalue weighted by Gasteiger charge is -2.16. The van der Waals surface area contributed by atoms with Gasteiger partial charge in [0.15, 0.2) is 0 Å². The maximum Gasteiger partial charge on any atom is 0.242 e. The van der Waals surface area contributed by atoms with Gasteiger partial charge in [-0.25, -0.2) is 0 Å². The number of hydrogen-bond acceptors (Lipinski definition) is 3. The minimum atomic E-state index is -0.508. The van der Waals surface area contributed by atoms with Crippen LogP contribution in [0.3, 0.4) is 0 Å². The Bertz CT molecular complexity index is 455. The normalized spacial score (nSPS) is 19.4. The first-order chi connectivity index (χ1) is 9.66. The summed E-state index contributed by atoms with van der Waals surface area (Å²) in [5, 5.41) is 8.73. The average molecular weight is 275 g/mol. The van der Waals surface area contributed by atoms with E-state index in [0.29, 0.717) is 13.1 Å². The first-order valence-electron chi connectivity index (χ1n) is 6.99. The Kier molecular flexibility index (Phi) is 5.12. The van der Waals surface area contributed by atoms with Crippen molar-refractivity contribution in [3.05, 3.63) is 35.9 Å². The summed E-state index contributed by atoms with van der Waals surface area (Å²) in [7, 11) is 0. The monoisotopic (exact) mass is 275 g/mol. The summed E-state index contributed by atoms with van der Waals surface area (Å²) in [4.78, 5) is 23.8. The molecule has 108 valence electrons. The van der Waals surface area contributed by atoms with Gasteiger partial charge in [-0.05, 0) is 25.5 Å². The van der Waals surface area contributed by atoms with Crippen LogP contribution in [0.2, 0.25) is 0 Å². The minimum Gasteiger partial charge on any atom is -0.350 e. The van der Waals surface area contributed by atoms with Gasteiger partial charge in [-0.1, -0.05) is 30.3 Å². The summed E-state index contributed by atoms with van der Waals surface area (Å²) in [6, 6.07) is 9.19. The second-order valence-corrected chi connectivity index (χ2v) is 5.12. The smallest absolute Gasteiger partial charge is 0.242 e. The SMILES string of the molecule is CC(NC(=O)C1CCNC1)C(=O)NCc1ccccc1. The van der Waals surface area contributed by atoms with Gasteiger partial charge in [0, 0.05) is 13.1 Å². The zero-order valence-corrected chi connectivity index (χ0v) is 11.7. The molecule has 0 bridgehead atoms. The van der Waals surface area contributed by atoms with Crippen LogP contribution in [0.1, 0.15) is 18.9 Å². The molecule has 2 amide bonds. The summed E-state index contributed by atoms with van der Waals surface area (Å²) < 4.78 is 0. The van der Waals surface area contributed by atoms with Crippen molar-refractivity contribution in [3.8, 4) is 0 Å². The van der Waals surface area contributed by atoms with E-state index < -0.39 is 6.04 Å². The van der Waals surface area contributed by atoms with Crippen LogP contribution in [0.25, 0.3) is 0 Å². The highest BCUT2D eigenvalue weighted by molar-refractivity contribution is 5.88. The lowest BCUT2D eigenvalue weighted by Crippen LogP contribution is -2.46. The largest absolute Gasteiger partial charge is 0.350 e. The van der Waals surface area contributed by atoms with Crippen LogP contribution >= 0.6 is 0 Å². The van der Waals surface area contributed by atoms with E-state index in [1.807, 2.05) is 30.3 Å². The number of benzene rings is 1. The van der Waals surface area contributed by atoms with E-state index in [1.165, 1.54) is 0 Å². The third-order valence-corrected chi connectivity index (χ3v) is 3.49. The molecule has 0 aromatic heterocycles. The van der Waals surface area contributed by atoms with Crippen LogP contribution in [0, 0.1) is 5.92 Å². The zero-order chi connectivity index (χ0) is 14.4. The van der Waals surface area contributed by atoms with Gasteiger partial charge < -0.3 is 16.0 Å². The molecular formula is C15H21N3O2. The molecule has 1 aromatic carbocycles. The molecule has 3 N–H and O–H groups in total. The van der Waals surface area contributed by atoms with Gasteiger partial charge in [-0.15, -0.1) is 0 Å². The predicted octanol–water partition coefficient (Wildman–Crippen LogP) is 0.417. The van der Waals surface area contributed by atoms with Crippen molar-refractivity contribution in [2.24, 2.45) is 5.92 Å². The van der Waals surface area contributed by atoms with Gasteiger partial charge in [0.2, 0.25) is 11.8 Å². The van der Waals surface area contributed by atoms with Gasteiger partial charge in [-0.3, -0.25) is 9.59 Å². The second kappa shape index (κ2) is 7.05.